The molecule has 0 spiro atoms. The average Bonchev–Trinajstić information content (AvgIpc) is 2.89. The van der Waals surface area contributed by atoms with Crippen molar-refractivity contribution < 1.29 is 4.79 Å². The topological polar surface area (TPSA) is 79.8 Å². The van der Waals surface area contributed by atoms with Crippen molar-refractivity contribution in [2.75, 3.05) is 11.9 Å². The zero-order valence-electron chi connectivity index (χ0n) is 11.5. The average molecular weight is 291 g/mol. The number of anilines is 1. The van der Waals surface area contributed by atoms with Gasteiger partial charge in [0.15, 0.2) is 5.69 Å². The number of thiazole rings is 1. The van der Waals surface area contributed by atoms with Gasteiger partial charge in [-0.15, -0.1) is 21.5 Å². The van der Waals surface area contributed by atoms with Gasteiger partial charge in [0.2, 0.25) is 0 Å². The number of hydrogen-bond acceptors (Lipinski definition) is 6. The van der Waals surface area contributed by atoms with E-state index in [1.807, 2.05) is 12.3 Å². The highest BCUT2D eigenvalue weighted by molar-refractivity contribution is 7.09. The Balaban J connectivity index is 1.88. The van der Waals surface area contributed by atoms with Crippen molar-refractivity contribution in [2.24, 2.45) is 0 Å². The summed E-state index contributed by atoms with van der Waals surface area (Å²) in [5.74, 6) is 0.436. The van der Waals surface area contributed by atoms with Crippen LogP contribution >= 0.6 is 11.3 Å². The molecule has 1 amide bonds. The quantitative estimate of drug-likeness (QED) is 0.851. The van der Waals surface area contributed by atoms with E-state index < -0.39 is 0 Å². The third-order valence-electron chi connectivity index (χ3n) is 2.52. The molecule has 0 saturated carbocycles. The van der Waals surface area contributed by atoms with Gasteiger partial charge in [-0.25, -0.2) is 4.98 Å². The summed E-state index contributed by atoms with van der Waals surface area (Å²) in [5, 5.41) is 16.6. The van der Waals surface area contributed by atoms with E-state index in [1.54, 1.807) is 12.1 Å². The zero-order chi connectivity index (χ0) is 14.4. The highest BCUT2D eigenvalue weighted by Crippen LogP contribution is 2.08. The highest BCUT2D eigenvalue weighted by atomic mass is 32.1. The van der Waals surface area contributed by atoms with Gasteiger partial charge in [-0.1, -0.05) is 6.92 Å². The van der Waals surface area contributed by atoms with Crippen LogP contribution in [0.15, 0.2) is 17.5 Å². The van der Waals surface area contributed by atoms with Crippen LogP contribution in [-0.4, -0.2) is 27.6 Å². The van der Waals surface area contributed by atoms with E-state index in [0.717, 1.165) is 23.7 Å². The van der Waals surface area contributed by atoms with E-state index in [9.17, 15) is 4.79 Å². The van der Waals surface area contributed by atoms with E-state index >= 15 is 0 Å². The first-order valence-corrected chi connectivity index (χ1v) is 7.34. The second kappa shape index (κ2) is 6.95. The number of aromatic nitrogens is 3. The molecular weight excluding hydrogens is 274 g/mol. The van der Waals surface area contributed by atoms with Gasteiger partial charge < -0.3 is 10.6 Å². The Hall–Kier alpha value is -2.02. The fraction of sp³-hybridized carbons (Fsp3) is 0.385. The summed E-state index contributed by atoms with van der Waals surface area (Å²) in [4.78, 5) is 16.2. The molecule has 2 N–H and O–H groups in total. The maximum absolute atomic E-state index is 11.9. The normalized spacial score (nSPS) is 10.3. The van der Waals surface area contributed by atoms with Crippen LogP contribution in [0, 0.1) is 6.92 Å². The van der Waals surface area contributed by atoms with Gasteiger partial charge in [0.1, 0.15) is 10.8 Å². The highest BCUT2D eigenvalue weighted by Gasteiger charge is 2.08. The Morgan fingerprint density at radius 3 is 2.80 bits per heavy atom. The number of aryl methyl sites for hydroxylation is 1. The van der Waals surface area contributed by atoms with Gasteiger partial charge in [0.05, 0.1) is 6.54 Å². The standard InChI is InChI=1S/C13H17N5OS/c1-3-6-14-11-5-4-10(17-18-11)13(19)15-7-12-16-9(2)8-20-12/h4-5,8H,3,6-7H2,1-2H3,(H,14,18)(H,15,19). The lowest BCUT2D eigenvalue weighted by Crippen LogP contribution is -2.24. The minimum atomic E-state index is -0.243. The van der Waals surface area contributed by atoms with Gasteiger partial charge in [-0.2, -0.15) is 0 Å². The lowest BCUT2D eigenvalue weighted by atomic mass is 10.3. The SMILES string of the molecule is CCCNc1ccc(C(=O)NCc2nc(C)cs2)nn1. The molecule has 7 heteroatoms. The van der Waals surface area contributed by atoms with Crippen LogP contribution in [-0.2, 0) is 6.54 Å². The van der Waals surface area contributed by atoms with Crippen LogP contribution in [0.3, 0.4) is 0 Å². The van der Waals surface area contributed by atoms with Crippen molar-refractivity contribution in [3.8, 4) is 0 Å². The molecule has 2 aromatic rings. The molecule has 0 saturated heterocycles. The largest absolute Gasteiger partial charge is 0.369 e. The molecular formula is C13H17N5OS. The van der Waals surface area contributed by atoms with Crippen LogP contribution in [0.4, 0.5) is 5.82 Å². The molecule has 0 fully saturated rings. The predicted octanol–water partition coefficient (Wildman–Crippen LogP) is 1.99. The van der Waals surface area contributed by atoms with Gasteiger partial charge in [0, 0.05) is 17.6 Å². The molecule has 0 aromatic carbocycles. The summed E-state index contributed by atoms with van der Waals surface area (Å²) in [6, 6.07) is 3.42. The van der Waals surface area contributed by atoms with Crippen molar-refractivity contribution >= 4 is 23.1 Å². The van der Waals surface area contributed by atoms with Crippen molar-refractivity contribution in [3.63, 3.8) is 0 Å². The second-order valence-corrected chi connectivity index (χ2v) is 5.24. The smallest absolute Gasteiger partial charge is 0.272 e. The molecule has 2 rings (SSSR count). The van der Waals surface area contributed by atoms with Crippen molar-refractivity contribution in [2.45, 2.75) is 26.8 Å². The van der Waals surface area contributed by atoms with E-state index in [4.69, 9.17) is 0 Å². The van der Waals surface area contributed by atoms with Crippen LogP contribution in [0.25, 0.3) is 0 Å². The zero-order valence-corrected chi connectivity index (χ0v) is 12.3. The van der Waals surface area contributed by atoms with Crippen LogP contribution < -0.4 is 10.6 Å². The third-order valence-corrected chi connectivity index (χ3v) is 3.49. The molecule has 0 radical (unpaired) electrons. The summed E-state index contributed by atoms with van der Waals surface area (Å²) in [5.41, 5.74) is 1.27. The van der Waals surface area contributed by atoms with E-state index in [-0.39, 0.29) is 5.91 Å². The van der Waals surface area contributed by atoms with E-state index in [1.165, 1.54) is 11.3 Å². The Morgan fingerprint density at radius 2 is 2.20 bits per heavy atom. The first-order chi connectivity index (χ1) is 9.69. The molecule has 0 aliphatic heterocycles. The predicted molar refractivity (Wildman–Crippen MR) is 78.8 cm³/mol. The summed E-state index contributed by atoms with van der Waals surface area (Å²) in [6.45, 7) is 5.25. The van der Waals surface area contributed by atoms with Gasteiger partial charge in [-0.3, -0.25) is 4.79 Å². The fourth-order valence-electron chi connectivity index (χ4n) is 1.53. The van der Waals surface area contributed by atoms with E-state index in [0.29, 0.717) is 18.1 Å². The van der Waals surface area contributed by atoms with Gasteiger partial charge in [0.25, 0.3) is 5.91 Å². The Morgan fingerprint density at radius 1 is 1.35 bits per heavy atom. The van der Waals surface area contributed by atoms with Crippen molar-refractivity contribution in [3.05, 3.63) is 33.9 Å². The van der Waals surface area contributed by atoms with Crippen molar-refractivity contribution in [1.29, 1.82) is 0 Å². The number of carbonyl (C=O) groups is 1. The third kappa shape index (κ3) is 3.99. The monoisotopic (exact) mass is 291 g/mol. The summed E-state index contributed by atoms with van der Waals surface area (Å²) >= 11 is 1.53. The first-order valence-electron chi connectivity index (χ1n) is 6.46. The van der Waals surface area contributed by atoms with Gasteiger partial charge in [-0.05, 0) is 25.5 Å². The minimum absolute atomic E-state index is 0.243. The lowest BCUT2D eigenvalue weighted by molar-refractivity contribution is 0.0945. The summed E-state index contributed by atoms with van der Waals surface area (Å²) < 4.78 is 0. The molecule has 2 heterocycles. The number of carbonyl (C=O) groups excluding carboxylic acids is 1. The molecule has 106 valence electrons. The Labute approximate surface area is 121 Å². The number of amides is 1. The minimum Gasteiger partial charge on any atom is -0.369 e. The first kappa shape index (κ1) is 14.4. The van der Waals surface area contributed by atoms with Crippen LogP contribution in [0.5, 0.6) is 0 Å². The molecule has 0 aliphatic rings. The number of hydrogen-bond donors (Lipinski definition) is 2. The summed E-state index contributed by atoms with van der Waals surface area (Å²) in [6.07, 6.45) is 1.01. The van der Waals surface area contributed by atoms with Crippen LogP contribution in [0.1, 0.15) is 34.5 Å². The Bertz CT molecular complexity index is 566. The maximum atomic E-state index is 11.9. The van der Waals surface area contributed by atoms with Crippen LogP contribution in [0.2, 0.25) is 0 Å². The molecule has 0 unspecified atom stereocenters. The number of nitrogens with one attached hydrogen (secondary N) is 2. The molecule has 0 bridgehead atoms. The summed E-state index contributed by atoms with van der Waals surface area (Å²) in [7, 11) is 0. The lowest BCUT2D eigenvalue weighted by Gasteiger charge is -2.04. The fourth-order valence-corrected chi connectivity index (χ4v) is 2.24. The maximum Gasteiger partial charge on any atom is 0.272 e. The molecule has 20 heavy (non-hydrogen) atoms. The second-order valence-electron chi connectivity index (χ2n) is 4.30. The van der Waals surface area contributed by atoms with Crippen molar-refractivity contribution in [1.82, 2.24) is 20.5 Å². The molecule has 6 nitrogen and oxygen atoms in total. The number of nitrogens with zero attached hydrogens (tertiary/aromatic N) is 3. The molecule has 2 aromatic heterocycles. The Kier molecular flexibility index (Phi) is 5.00. The van der Waals surface area contributed by atoms with Gasteiger partial charge >= 0.3 is 0 Å². The molecule has 0 atom stereocenters. The molecule has 0 aliphatic carbocycles. The van der Waals surface area contributed by atoms with E-state index in [2.05, 4.69) is 32.7 Å². The number of rotatable bonds is 6.